The fourth-order valence-corrected chi connectivity index (χ4v) is 3.74. The number of aryl methyl sites for hydroxylation is 1. The summed E-state index contributed by atoms with van der Waals surface area (Å²) < 4.78 is 34.1. The summed E-state index contributed by atoms with van der Waals surface area (Å²) in [5.41, 5.74) is 1.01. The van der Waals surface area contributed by atoms with Gasteiger partial charge in [-0.05, 0) is 43.2 Å². The van der Waals surface area contributed by atoms with Gasteiger partial charge in [-0.1, -0.05) is 18.6 Å². The Morgan fingerprint density at radius 3 is 2.37 bits per heavy atom. The Kier molecular flexibility index (Phi) is 5.29. The quantitative estimate of drug-likeness (QED) is 0.365. The van der Waals surface area contributed by atoms with Crippen LogP contribution in [0, 0.1) is 0 Å². The van der Waals surface area contributed by atoms with Gasteiger partial charge in [-0.2, -0.15) is 8.42 Å². The first-order valence-electron chi connectivity index (χ1n) is 8.53. The average Bonchev–Trinajstić information content (AvgIpc) is 2.62. The van der Waals surface area contributed by atoms with Gasteiger partial charge >= 0.3 is 5.97 Å². The van der Waals surface area contributed by atoms with Crippen LogP contribution >= 0.6 is 0 Å². The van der Waals surface area contributed by atoms with Crippen LogP contribution in [0.3, 0.4) is 0 Å². The Morgan fingerprint density at radius 1 is 0.963 bits per heavy atom. The molecule has 2 N–H and O–H groups in total. The monoisotopic (exact) mass is 389 g/mol. The van der Waals surface area contributed by atoms with Crippen molar-refractivity contribution in [2.45, 2.75) is 37.1 Å². The minimum Gasteiger partial charge on any atom is -0.481 e. The number of carbonyl (C=O) groups is 1. The van der Waals surface area contributed by atoms with Gasteiger partial charge in [-0.25, -0.2) is 0 Å². The summed E-state index contributed by atoms with van der Waals surface area (Å²) >= 11 is 0. The molecule has 142 valence electrons. The molecule has 1 heterocycles. The van der Waals surface area contributed by atoms with Crippen molar-refractivity contribution in [3.63, 3.8) is 0 Å². The molecule has 0 aliphatic rings. The van der Waals surface area contributed by atoms with Gasteiger partial charge in [0.15, 0.2) is 5.43 Å². The molecule has 3 rings (SSSR count). The van der Waals surface area contributed by atoms with E-state index in [4.69, 9.17) is 5.11 Å². The number of carboxylic acids is 1. The number of nitrogens with zero attached hydrogens (tertiary/aromatic N) is 1. The normalized spacial score (nSPS) is 11.9. The molecule has 0 spiro atoms. The maximum absolute atomic E-state index is 12.8. The second-order valence-electron chi connectivity index (χ2n) is 6.36. The summed E-state index contributed by atoms with van der Waals surface area (Å²) in [7, 11) is -4.41. The first-order chi connectivity index (χ1) is 12.8. The minimum absolute atomic E-state index is 0.114. The van der Waals surface area contributed by atoms with E-state index in [-0.39, 0.29) is 22.1 Å². The number of aliphatic carboxylic acids is 1. The molecule has 0 amide bonds. The highest BCUT2D eigenvalue weighted by Crippen LogP contribution is 2.23. The van der Waals surface area contributed by atoms with Crippen molar-refractivity contribution in [2.75, 3.05) is 0 Å². The van der Waals surface area contributed by atoms with Crippen LogP contribution < -0.4 is 5.43 Å². The second-order valence-corrected chi connectivity index (χ2v) is 7.78. The van der Waals surface area contributed by atoms with Crippen LogP contribution in [0.2, 0.25) is 0 Å². The first kappa shape index (κ1) is 19.1. The Labute approximate surface area is 155 Å². The molecule has 0 fully saturated rings. The average molecular weight is 389 g/mol. The van der Waals surface area contributed by atoms with Gasteiger partial charge < -0.3 is 9.67 Å². The SMILES string of the molecule is O=C(O)CCCCCn1c2ccccc2c(=O)c2cc(S(=O)(=O)O)ccc21. The van der Waals surface area contributed by atoms with E-state index in [1.165, 1.54) is 18.2 Å². The van der Waals surface area contributed by atoms with Crippen molar-refractivity contribution in [3.05, 3.63) is 52.7 Å². The number of hydrogen-bond acceptors (Lipinski definition) is 4. The third kappa shape index (κ3) is 4.01. The zero-order chi connectivity index (χ0) is 19.6. The largest absolute Gasteiger partial charge is 0.481 e. The van der Waals surface area contributed by atoms with Crippen LogP contribution in [-0.2, 0) is 21.5 Å². The molecule has 0 aliphatic heterocycles. The molecular weight excluding hydrogens is 370 g/mol. The second kappa shape index (κ2) is 7.50. The lowest BCUT2D eigenvalue weighted by molar-refractivity contribution is -0.137. The summed E-state index contributed by atoms with van der Waals surface area (Å²) in [5.74, 6) is -0.827. The van der Waals surface area contributed by atoms with E-state index >= 15 is 0 Å². The fraction of sp³-hybridized carbons (Fsp3) is 0.263. The van der Waals surface area contributed by atoms with Crippen LogP contribution in [0.4, 0.5) is 0 Å². The Bertz CT molecular complexity index is 1180. The molecule has 0 aliphatic carbocycles. The lowest BCUT2D eigenvalue weighted by Gasteiger charge is -2.15. The summed E-state index contributed by atoms with van der Waals surface area (Å²) in [6.07, 6.45) is 2.12. The predicted molar refractivity (Wildman–Crippen MR) is 102 cm³/mol. The Balaban J connectivity index is 2.10. The van der Waals surface area contributed by atoms with Crippen molar-refractivity contribution >= 4 is 37.9 Å². The Hall–Kier alpha value is -2.71. The van der Waals surface area contributed by atoms with E-state index in [0.717, 1.165) is 18.4 Å². The predicted octanol–water partition coefficient (Wildman–Crippen LogP) is 3.05. The van der Waals surface area contributed by atoms with Crippen LogP contribution in [0.25, 0.3) is 21.8 Å². The van der Waals surface area contributed by atoms with Crippen molar-refractivity contribution in [3.8, 4) is 0 Å². The summed E-state index contributed by atoms with van der Waals surface area (Å²) in [6, 6.07) is 11.0. The Morgan fingerprint density at radius 2 is 1.67 bits per heavy atom. The maximum atomic E-state index is 12.8. The number of hydrogen-bond donors (Lipinski definition) is 2. The van der Waals surface area contributed by atoms with Gasteiger partial charge in [0, 0.05) is 23.7 Å². The molecule has 2 aromatic carbocycles. The molecule has 3 aromatic rings. The van der Waals surface area contributed by atoms with Crippen molar-refractivity contribution < 1.29 is 22.9 Å². The van der Waals surface area contributed by atoms with Gasteiger partial charge in [0.25, 0.3) is 10.1 Å². The third-order valence-corrected chi connectivity index (χ3v) is 5.36. The van der Waals surface area contributed by atoms with Gasteiger partial charge in [0.05, 0.1) is 15.9 Å². The molecule has 0 atom stereocenters. The van der Waals surface area contributed by atoms with Crippen LogP contribution in [0.1, 0.15) is 25.7 Å². The van der Waals surface area contributed by atoms with Gasteiger partial charge in [-0.15, -0.1) is 0 Å². The highest BCUT2D eigenvalue weighted by molar-refractivity contribution is 7.85. The molecule has 0 radical (unpaired) electrons. The number of unbranched alkanes of at least 4 members (excludes halogenated alkanes) is 2. The number of pyridine rings is 1. The number of fused-ring (bicyclic) bond motifs is 2. The number of para-hydroxylation sites is 1. The fourth-order valence-electron chi connectivity index (χ4n) is 3.23. The third-order valence-electron chi connectivity index (χ3n) is 4.51. The zero-order valence-electron chi connectivity index (χ0n) is 14.5. The van der Waals surface area contributed by atoms with Crippen molar-refractivity contribution in [1.82, 2.24) is 4.57 Å². The topological polar surface area (TPSA) is 114 Å². The van der Waals surface area contributed by atoms with E-state index in [2.05, 4.69) is 0 Å². The molecule has 7 nitrogen and oxygen atoms in total. The lowest BCUT2D eigenvalue weighted by atomic mass is 10.1. The number of benzene rings is 2. The van der Waals surface area contributed by atoms with Crippen LogP contribution in [-0.4, -0.2) is 28.6 Å². The highest BCUT2D eigenvalue weighted by Gasteiger charge is 2.15. The molecule has 0 saturated heterocycles. The van der Waals surface area contributed by atoms with E-state index in [9.17, 15) is 22.6 Å². The van der Waals surface area contributed by atoms with E-state index < -0.39 is 16.1 Å². The molecule has 1 aromatic heterocycles. The van der Waals surface area contributed by atoms with Crippen molar-refractivity contribution in [1.29, 1.82) is 0 Å². The smallest absolute Gasteiger partial charge is 0.303 e. The zero-order valence-corrected chi connectivity index (χ0v) is 15.3. The lowest BCUT2D eigenvalue weighted by Crippen LogP contribution is -2.12. The van der Waals surface area contributed by atoms with Crippen LogP contribution in [0.15, 0.2) is 52.2 Å². The van der Waals surface area contributed by atoms with Gasteiger partial charge in [0.2, 0.25) is 0 Å². The number of rotatable bonds is 7. The molecule has 8 heteroatoms. The summed E-state index contributed by atoms with van der Waals surface area (Å²) in [4.78, 5) is 23.1. The highest BCUT2D eigenvalue weighted by atomic mass is 32.2. The van der Waals surface area contributed by atoms with E-state index in [1.807, 2.05) is 16.7 Å². The molecular formula is C19H19NO6S. The van der Waals surface area contributed by atoms with Gasteiger partial charge in [-0.3, -0.25) is 14.1 Å². The van der Waals surface area contributed by atoms with Crippen molar-refractivity contribution in [2.24, 2.45) is 0 Å². The molecule has 0 saturated carbocycles. The van der Waals surface area contributed by atoms with E-state index in [0.29, 0.717) is 23.9 Å². The molecule has 27 heavy (non-hydrogen) atoms. The van der Waals surface area contributed by atoms with Crippen LogP contribution in [0.5, 0.6) is 0 Å². The number of aromatic nitrogens is 1. The molecule has 0 unspecified atom stereocenters. The molecule has 0 bridgehead atoms. The standard InChI is InChI=1S/C19H19NO6S/c21-18(22)8-2-1-5-11-20-16-7-4-3-6-14(16)19(23)15-12-13(27(24,25)26)9-10-17(15)20/h3-4,6-7,9-10,12H,1-2,5,8,11H2,(H,21,22)(H,24,25,26). The minimum atomic E-state index is -4.41. The summed E-state index contributed by atoms with van der Waals surface area (Å²) in [6.45, 7) is 0.558. The maximum Gasteiger partial charge on any atom is 0.303 e. The van der Waals surface area contributed by atoms with Gasteiger partial charge in [0.1, 0.15) is 0 Å². The number of carboxylic acid groups (broad SMARTS) is 1. The van der Waals surface area contributed by atoms with E-state index in [1.54, 1.807) is 12.1 Å². The first-order valence-corrected chi connectivity index (χ1v) is 9.97. The summed E-state index contributed by atoms with van der Waals surface area (Å²) in [5, 5.41) is 9.40.